The Morgan fingerprint density at radius 1 is 0.962 bits per heavy atom. The number of benzene rings is 2. The molecule has 0 aliphatic heterocycles. The maximum Gasteiger partial charge on any atom is 0.274 e. The fraction of sp³-hybridized carbons (Fsp3) is 0.182. The first kappa shape index (κ1) is 17.7. The summed E-state index contributed by atoms with van der Waals surface area (Å²) < 4.78 is 0. The maximum atomic E-state index is 12.5. The second-order valence-electron chi connectivity index (χ2n) is 6.50. The smallest absolute Gasteiger partial charge is 0.274 e. The zero-order valence-electron chi connectivity index (χ0n) is 15.1. The van der Waals surface area contributed by atoms with Crippen LogP contribution in [0.5, 0.6) is 0 Å². The number of hydrogen-bond acceptors (Lipinski definition) is 3. The van der Waals surface area contributed by atoms with E-state index in [9.17, 15) is 4.79 Å². The van der Waals surface area contributed by atoms with Gasteiger partial charge in [0.2, 0.25) is 0 Å². The molecule has 1 aromatic heterocycles. The first-order chi connectivity index (χ1) is 12.6. The second-order valence-corrected chi connectivity index (χ2v) is 6.50. The van der Waals surface area contributed by atoms with Gasteiger partial charge in [0, 0.05) is 24.1 Å². The van der Waals surface area contributed by atoms with Crippen molar-refractivity contribution >= 4 is 17.3 Å². The van der Waals surface area contributed by atoms with Crippen molar-refractivity contribution in [1.29, 1.82) is 0 Å². The zero-order valence-corrected chi connectivity index (χ0v) is 15.1. The van der Waals surface area contributed by atoms with Crippen LogP contribution in [0.4, 0.5) is 11.4 Å². The first-order valence-electron chi connectivity index (χ1n) is 8.77. The van der Waals surface area contributed by atoms with E-state index in [2.05, 4.69) is 41.6 Å². The summed E-state index contributed by atoms with van der Waals surface area (Å²) in [6, 6.07) is 21.7. The lowest BCUT2D eigenvalue weighted by atomic mass is 10.0. The largest absolute Gasteiger partial charge is 0.381 e. The molecule has 3 rings (SSSR count). The summed E-state index contributed by atoms with van der Waals surface area (Å²) in [4.78, 5) is 16.6. The van der Waals surface area contributed by atoms with Crippen LogP contribution in [0.25, 0.3) is 0 Å². The summed E-state index contributed by atoms with van der Waals surface area (Å²) in [7, 11) is 0. The third kappa shape index (κ3) is 4.70. The van der Waals surface area contributed by atoms with Crippen LogP contribution in [0, 0.1) is 0 Å². The predicted octanol–water partition coefficient (Wildman–Crippen LogP) is 5.07. The van der Waals surface area contributed by atoms with Gasteiger partial charge in [-0.1, -0.05) is 56.3 Å². The van der Waals surface area contributed by atoms with Gasteiger partial charge in [0.15, 0.2) is 0 Å². The molecule has 4 heteroatoms. The van der Waals surface area contributed by atoms with Gasteiger partial charge in [-0.15, -0.1) is 0 Å². The van der Waals surface area contributed by atoms with Crippen LogP contribution in [0.1, 0.15) is 41.4 Å². The molecule has 1 amide bonds. The van der Waals surface area contributed by atoms with Crippen molar-refractivity contribution in [2.24, 2.45) is 0 Å². The minimum Gasteiger partial charge on any atom is -0.381 e. The Morgan fingerprint density at radius 3 is 2.38 bits per heavy atom. The number of amides is 1. The van der Waals surface area contributed by atoms with Crippen LogP contribution in [0.3, 0.4) is 0 Å². The highest BCUT2D eigenvalue weighted by atomic mass is 16.1. The number of aromatic nitrogens is 1. The predicted molar refractivity (Wildman–Crippen MR) is 106 cm³/mol. The summed E-state index contributed by atoms with van der Waals surface area (Å²) in [5.74, 6) is 0.249. The average molecular weight is 345 g/mol. The number of rotatable bonds is 6. The molecule has 1 heterocycles. The Hall–Kier alpha value is -3.14. The van der Waals surface area contributed by atoms with Crippen LogP contribution in [0.15, 0.2) is 72.9 Å². The normalized spacial score (nSPS) is 10.6. The lowest BCUT2D eigenvalue weighted by Gasteiger charge is -2.10. The minimum absolute atomic E-state index is 0.217. The summed E-state index contributed by atoms with van der Waals surface area (Å²) in [5, 5.41) is 6.22. The lowest BCUT2D eigenvalue weighted by molar-refractivity contribution is 0.102. The van der Waals surface area contributed by atoms with Crippen LogP contribution < -0.4 is 10.6 Å². The van der Waals surface area contributed by atoms with Gasteiger partial charge in [-0.05, 0) is 41.3 Å². The molecule has 0 aliphatic rings. The molecule has 0 bridgehead atoms. The molecule has 4 nitrogen and oxygen atoms in total. The molecule has 26 heavy (non-hydrogen) atoms. The number of nitrogens with one attached hydrogen (secondary N) is 2. The lowest BCUT2D eigenvalue weighted by Crippen LogP contribution is -2.14. The number of carbonyl (C=O) groups is 1. The van der Waals surface area contributed by atoms with Crippen molar-refractivity contribution in [3.8, 4) is 0 Å². The van der Waals surface area contributed by atoms with E-state index in [-0.39, 0.29) is 5.91 Å². The molecule has 0 atom stereocenters. The topological polar surface area (TPSA) is 54.0 Å². The van der Waals surface area contributed by atoms with Crippen molar-refractivity contribution in [2.75, 3.05) is 10.6 Å². The van der Waals surface area contributed by atoms with Gasteiger partial charge in [-0.25, -0.2) is 0 Å². The number of pyridine rings is 1. The van der Waals surface area contributed by atoms with E-state index in [1.807, 2.05) is 48.5 Å². The second kappa shape index (κ2) is 8.30. The van der Waals surface area contributed by atoms with Gasteiger partial charge in [-0.2, -0.15) is 0 Å². The number of nitrogens with zero attached hydrogens (tertiary/aromatic N) is 1. The Morgan fingerprint density at radius 2 is 1.69 bits per heavy atom. The Kier molecular flexibility index (Phi) is 5.64. The monoisotopic (exact) mass is 345 g/mol. The van der Waals surface area contributed by atoms with Gasteiger partial charge in [-0.3, -0.25) is 9.78 Å². The van der Waals surface area contributed by atoms with Crippen LogP contribution in [0.2, 0.25) is 0 Å². The van der Waals surface area contributed by atoms with Crippen molar-refractivity contribution in [1.82, 2.24) is 4.98 Å². The molecule has 0 spiro atoms. The van der Waals surface area contributed by atoms with Crippen LogP contribution in [-0.2, 0) is 6.54 Å². The molecule has 0 radical (unpaired) electrons. The van der Waals surface area contributed by atoms with Crippen LogP contribution in [-0.4, -0.2) is 10.9 Å². The van der Waals surface area contributed by atoms with E-state index in [1.54, 1.807) is 12.3 Å². The third-order valence-electron chi connectivity index (χ3n) is 4.17. The van der Waals surface area contributed by atoms with E-state index < -0.39 is 0 Å². The first-order valence-corrected chi connectivity index (χ1v) is 8.77. The van der Waals surface area contributed by atoms with E-state index in [0.29, 0.717) is 18.2 Å². The molecular weight excluding hydrogens is 322 g/mol. The summed E-state index contributed by atoms with van der Waals surface area (Å²) in [5.41, 5.74) is 4.44. The number of carbonyl (C=O) groups excluding carboxylic acids is 1. The van der Waals surface area contributed by atoms with E-state index in [4.69, 9.17) is 0 Å². The molecule has 2 N–H and O–H groups in total. The summed E-state index contributed by atoms with van der Waals surface area (Å²) >= 11 is 0. The van der Waals surface area contributed by atoms with Crippen LogP contribution >= 0.6 is 0 Å². The van der Waals surface area contributed by atoms with Crippen molar-refractivity contribution < 1.29 is 4.79 Å². The Labute approximate surface area is 154 Å². The molecule has 0 fully saturated rings. The summed E-state index contributed by atoms with van der Waals surface area (Å²) in [6.45, 7) is 4.99. The van der Waals surface area contributed by atoms with E-state index >= 15 is 0 Å². The highest BCUT2D eigenvalue weighted by molar-refractivity contribution is 6.03. The SMILES string of the molecule is CC(C)c1ccc(NC(=O)c2cc(NCc3ccccc3)ccn2)cc1. The summed E-state index contributed by atoms with van der Waals surface area (Å²) in [6.07, 6.45) is 1.64. The van der Waals surface area contributed by atoms with Crippen molar-refractivity contribution in [3.63, 3.8) is 0 Å². The molecule has 0 aliphatic carbocycles. The average Bonchev–Trinajstić information content (AvgIpc) is 2.68. The Balaban J connectivity index is 1.64. The zero-order chi connectivity index (χ0) is 18.4. The fourth-order valence-electron chi connectivity index (χ4n) is 2.61. The van der Waals surface area contributed by atoms with Gasteiger partial charge in [0.1, 0.15) is 5.69 Å². The van der Waals surface area contributed by atoms with Crippen molar-refractivity contribution in [2.45, 2.75) is 26.3 Å². The molecular formula is C22H23N3O. The standard InChI is InChI=1S/C22H23N3O/c1-16(2)18-8-10-19(11-9-18)25-22(26)21-14-20(12-13-23-21)24-15-17-6-4-3-5-7-17/h3-14,16H,15H2,1-2H3,(H,23,24)(H,25,26). The molecule has 132 valence electrons. The van der Waals surface area contributed by atoms with Gasteiger partial charge in [0.05, 0.1) is 0 Å². The van der Waals surface area contributed by atoms with Crippen molar-refractivity contribution in [3.05, 3.63) is 89.7 Å². The fourth-order valence-corrected chi connectivity index (χ4v) is 2.61. The number of anilines is 2. The number of hydrogen-bond donors (Lipinski definition) is 2. The molecule has 3 aromatic rings. The van der Waals surface area contributed by atoms with E-state index in [0.717, 1.165) is 11.4 Å². The highest BCUT2D eigenvalue weighted by Crippen LogP contribution is 2.18. The molecule has 2 aromatic carbocycles. The minimum atomic E-state index is -0.217. The maximum absolute atomic E-state index is 12.5. The molecule has 0 unspecified atom stereocenters. The quantitative estimate of drug-likeness (QED) is 0.656. The van der Waals surface area contributed by atoms with E-state index in [1.165, 1.54) is 11.1 Å². The van der Waals surface area contributed by atoms with Gasteiger partial charge >= 0.3 is 0 Å². The van der Waals surface area contributed by atoms with Gasteiger partial charge in [0.25, 0.3) is 5.91 Å². The molecule has 0 saturated carbocycles. The highest BCUT2D eigenvalue weighted by Gasteiger charge is 2.09. The molecule has 0 saturated heterocycles. The van der Waals surface area contributed by atoms with Gasteiger partial charge < -0.3 is 10.6 Å². The Bertz CT molecular complexity index is 858. The third-order valence-corrected chi connectivity index (χ3v) is 4.17.